The molecule has 0 bridgehead atoms. The third-order valence-corrected chi connectivity index (χ3v) is 4.09. The highest BCUT2D eigenvalue weighted by Gasteiger charge is 2.24. The summed E-state index contributed by atoms with van der Waals surface area (Å²) in [6.45, 7) is 6.39. The van der Waals surface area contributed by atoms with Crippen molar-refractivity contribution in [3.63, 3.8) is 0 Å². The van der Waals surface area contributed by atoms with Gasteiger partial charge in [0.1, 0.15) is 6.33 Å². The van der Waals surface area contributed by atoms with Crippen LogP contribution in [0.15, 0.2) is 35.4 Å². The molecule has 0 aliphatic heterocycles. The molecule has 0 amide bonds. The Kier molecular flexibility index (Phi) is 4.69. The second kappa shape index (κ2) is 5.88. The number of alkyl halides is 3. The van der Waals surface area contributed by atoms with Crippen LogP contribution in [0.1, 0.15) is 26.3 Å². The predicted octanol–water partition coefficient (Wildman–Crippen LogP) is 4.16. The van der Waals surface area contributed by atoms with E-state index in [9.17, 15) is 4.79 Å². The van der Waals surface area contributed by atoms with E-state index in [1.165, 1.54) is 16.5 Å². The summed E-state index contributed by atoms with van der Waals surface area (Å²) in [7, 11) is 0. The van der Waals surface area contributed by atoms with Gasteiger partial charge in [-0.15, -0.1) is 9.19 Å². The average molecular weight is 367 g/mol. The van der Waals surface area contributed by atoms with Gasteiger partial charge in [0, 0.05) is 11.9 Å². The normalized spacial score (nSPS) is 12.7. The van der Waals surface area contributed by atoms with Crippen LogP contribution in [0.5, 0.6) is 0 Å². The van der Waals surface area contributed by atoms with Crippen molar-refractivity contribution in [2.75, 3.05) is 0 Å². The van der Waals surface area contributed by atoms with Gasteiger partial charge >= 0.3 is 5.69 Å². The van der Waals surface area contributed by atoms with Crippen molar-refractivity contribution in [1.29, 1.82) is 0 Å². The number of hydrogen-bond donors (Lipinski definition) is 0. The minimum Gasteiger partial charge on any atom is -0.249 e. The Hall–Kier alpha value is -0.620. The molecule has 1 aromatic carbocycles. The highest BCUT2D eigenvalue weighted by atomic mass is 35.6. The first-order valence-electron chi connectivity index (χ1n) is 6.12. The van der Waals surface area contributed by atoms with E-state index in [4.69, 9.17) is 34.8 Å². The lowest BCUT2D eigenvalue weighted by molar-refractivity contribution is 0.590. The number of benzene rings is 1. The number of nitrogens with zero attached hydrogens (tertiary/aromatic N) is 3. The molecular formula is C13H14Cl3N3OS. The van der Waals surface area contributed by atoms with Gasteiger partial charge in [-0.2, -0.15) is 0 Å². The summed E-state index contributed by atoms with van der Waals surface area (Å²) in [5.41, 5.74) is 1.57. The molecule has 0 atom stereocenters. The molecule has 114 valence electrons. The van der Waals surface area contributed by atoms with Gasteiger partial charge in [0.25, 0.3) is 3.12 Å². The van der Waals surface area contributed by atoms with Crippen molar-refractivity contribution in [3.05, 3.63) is 46.6 Å². The Bertz CT molecular complexity index is 680. The van der Waals surface area contributed by atoms with E-state index >= 15 is 0 Å². The van der Waals surface area contributed by atoms with Gasteiger partial charge in [-0.25, -0.2) is 9.36 Å². The molecule has 0 unspecified atom stereocenters. The Morgan fingerprint density at radius 1 is 1.10 bits per heavy atom. The Morgan fingerprint density at radius 2 is 1.67 bits per heavy atom. The summed E-state index contributed by atoms with van der Waals surface area (Å²) < 4.78 is 0.805. The molecule has 0 fully saturated rings. The molecule has 0 spiro atoms. The first-order valence-corrected chi connectivity index (χ1v) is 8.02. The fraction of sp³-hybridized carbons (Fsp3) is 0.385. The van der Waals surface area contributed by atoms with Crippen LogP contribution in [0.2, 0.25) is 0 Å². The van der Waals surface area contributed by atoms with E-state index < -0.39 is 3.12 Å². The lowest BCUT2D eigenvalue weighted by Crippen LogP contribution is -2.22. The molecule has 1 heterocycles. The monoisotopic (exact) mass is 365 g/mol. The molecule has 0 radical (unpaired) electrons. The maximum absolute atomic E-state index is 12.2. The molecule has 21 heavy (non-hydrogen) atoms. The van der Waals surface area contributed by atoms with Crippen LogP contribution in [-0.4, -0.2) is 16.9 Å². The third kappa shape index (κ3) is 4.19. The van der Waals surface area contributed by atoms with Crippen molar-refractivity contribution in [2.24, 2.45) is 0 Å². The van der Waals surface area contributed by atoms with E-state index in [0.29, 0.717) is 5.69 Å². The summed E-state index contributed by atoms with van der Waals surface area (Å²) in [4.78, 5) is 12.2. The fourth-order valence-corrected chi connectivity index (χ4v) is 2.79. The van der Waals surface area contributed by atoms with E-state index in [1.54, 1.807) is 0 Å². The molecule has 0 aliphatic rings. The molecule has 0 saturated carbocycles. The summed E-state index contributed by atoms with van der Waals surface area (Å²) >= 11 is 17.7. The maximum atomic E-state index is 12.2. The summed E-state index contributed by atoms with van der Waals surface area (Å²) in [6, 6.07) is 7.71. The van der Waals surface area contributed by atoms with Crippen molar-refractivity contribution in [3.8, 4) is 5.69 Å². The zero-order chi connectivity index (χ0) is 15.8. The van der Waals surface area contributed by atoms with Crippen LogP contribution in [-0.2, 0) is 5.41 Å². The summed E-state index contributed by atoms with van der Waals surface area (Å²) in [5, 5.41) is 3.93. The van der Waals surface area contributed by atoms with E-state index in [2.05, 4.69) is 25.9 Å². The third-order valence-electron chi connectivity index (χ3n) is 2.84. The highest BCUT2D eigenvalue weighted by molar-refractivity contribution is 8.03. The lowest BCUT2D eigenvalue weighted by atomic mass is 9.87. The first kappa shape index (κ1) is 16.7. The van der Waals surface area contributed by atoms with Crippen molar-refractivity contribution in [2.45, 2.75) is 29.3 Å². The second-order valence-corrected chi connectivity index (χ2v) is 9.58. The van der Waals surface area contributed by atoms with E-state index in [0.717, 1.165) is 16.0 Å². The standard InChI is InChI=1S/C13H14Cl3N3OS/c1-12(2,3)9-4-6-10(7-5-9)18-8-17-19(11(18)20)21-13(14,15)16/h4-8H,1-3H3. The van der Waals surface area contributed by atoms with Gasteiger partial charge in [0.05, 0.1) is 5.69 Å². The molecule has 0 saturated heterocycles. The predicted molar refractivity (Wildman–Crippen MR) is 89.8 cm³/mol. The molecule has 2 rings (SSSR count). The molecule has 4 nitrogen and oxygen atoms in total. The van der Waals surface area contributed by atoms with Gasteiger partial charge in [0.2, 0.25) is 0 Å². The SMILES string of the molecule is CC(C)(C)c1ccc(-n2cnn(SC(Cl)(Cl)Cl)c2=O)cc1. The smallest absolute Gasteiger partial charge is 0.249 e. The largest absolute Gasteiger partial charge is 0.361 e. The van der Waals surface area contributed by atoms with Crippen LogP contribution in [0.3, 0.4) is 0 Å². The Balaban J connectivity index is 2.34. The van der Waals surface area contributed by atoms with Crippen molar-refractivity contribution in [1.82, 2.24) is 13.8 Å². The fourth-order valence-electron chi connectivity index (χ4n) is 1.75. The van der Waals surface area contributed by atoms with Crippen LogP contribution in [0.4, 0.5) is 0 Å². The molecule has 2 aromatic rings. The van der Waals surface area contributed by atoms with Crippen LogP contribution in [0, 0.1) is 0 Å². The second-order valence-electron chi connectivity index (χ2n) is 5.49. The zero-order valence-corrected chi connectivity index (χ0v) is 14.8. The van der Waals surface area contributed by atoms with Gasteiger partial charge in [-0.3, -0.25) is 0 Å². The zero-order valence-electron chi connectivity index (χ0n) is 11.7. The van der Waals surface area contributed by atoms with Crippen LogP contribution < -0.4 is 5.69 Å². The number of hydrogen-bond acceptors (Lipinski definition) is 3. The Labute approximate surface area is 142 Å². The minimum absolute atomic E-state index is 0.0546. The quantitative estimate of drug-likeness (QED) is 0.749. The average Bonchev–Trinajstić information content (AvgIpc) is 2.68. The highest BCUT2D eigenvalue weighted by Crippen LogP contribution is 2.38. The number of halogens is 3. The summed E-state index contributed by atoms with van der Waals surface area (Å²) in [6.07, 6.45) is 1.40. The minimum atomic E-state index is -1.64. The van der Waals surface area contributed by atoms with Crippen LogP contribution >= 0.6 is 46.8 Å². The Morgan fingerprint density at radius 3 is 2.14 bits per heavy atom. The lowest BCUT2D eigenvalue weighted by Gasteiger charge is -2.19. The topological polar surface area (TPSA) is 39.8 Å². The van der Waals surface area contributed by atoms with Crippen molar-refractivity contribution >= 4 is 46.8 Å². The maximum Gasteiger partial charge on any atom is 0.361 e. The summed E-state index contributed by atoms with van der Waals surface area (Å²) in [5.74, 6) is 0. The molecule has 0 N–H and O–H groups in total. The molecule has 0 aliphatic carbocycles. The van der Waals surface area contributed by atoms with Crippen molar-refractivity contribution < 1.29 is 0 Å². The van der Waals surface area contributed by atoms with Gasteiger partial charge in [-0.1, -0.05) is 67.7 Å². The van der Waals surface area contributed by atoms with Gasteiger partial charge < -0.3 is 0 Å². The number of aromatic nitrogens is 3. The molecular weight excluding hydrogens is 353 g/mol. The van der Waals surface area contributed by atoms with Gasteiger partial charge in [0.15, 0.2) is 0 Å². The molecule has 8 heteroatoms. The number of rotatable bonds is 2. The van der Waals surface area contributed by atoms with E-state index in [1.807, 2.05) is 24.3 Å². The van der Waals surface area contributed by atoms with Gasteiger partial charge in [-0.05, 0) is 23.1 Å². The first-order chi connectivity index (χ1) is 9.58. The van der Waals surface area contributed by atoms with E-state index in [-0.39, 0.29) is 11.1 Å². The van der Waals surface area contributed by atoms with Crippen LogP contribution in [0.25, 0.3) is 5.69 Å². The molecule has 1 aromatic heterocycles.